The van der Waals surface area contributed by atoms with Crippen LogP contribution in [0.25, 0.3) is 0 Å². The van der Waals surface area contributed by atoms with E-state index in [2.05, 4.69) is 26.1 Å². The van der Waals surface area contributed by atoms with Crippen molar-refractivity contribution in [2.24, 2.45) is 0 Å². The highest BCUT2D eigenvalue weighted by molar-refractivity contribution is 5.69. The Balaban J connectivity index is 3.18. The van der Waals surface area contributed by atoms with Crippen LogP contribution in [0.5, 0.6) is 0 Å². The molecule has 0 bridgehead atoms. The molecule has 0 aliphatic heterocycles. The Morgan fingerprint density at radius 2 is 2.07 bits per heavy atom. The molecule has 0 amide bonds. The maximum atomic E-state index is 11.1. The Hall–Kier alpha value is -0.570. The molecule has 0 saturated carbocycles. The molecule has 0 saturated heterocycles. The Labute approximate surface area is 87.2 Å². The second kappa shape index (κ2) is 9.00. The number of carbonyl (C=O) groups is 1. The summed E-state index contributed by atoms with van der Waals surface area (Å²) in [5.41, 5.74) is 0. The van der Waals surface area contributed by atoms with Crippen LogP contribution in [0.15, 0.2) is 0 Å². The molecule has 0 heterocycles. The minimum Gasteiger partial charge on any atom is -0.466 e. The quantitative estimate of drug-likeness (QED) is 0.483. The molecule has 0 rings (SSSR count). The fourth-order valence-electron chi connectivity index (χ4n) is 1.03. The maximum Gasteiger partial charge on any atom is 0.305 e. The van der Waals surface area contributed by atoms with E-state index in [-0.39, 0.29) is 5.97 Å². The molecule has 0 aliphatic carbocycles. The van der Waals surface area contributed by atoms with Crippen molar-refractivity contribution in [3.8, 4) is 0 Å². The zero-order chi connectivity index (χ0) is 10.8. The summed E-state index contributed by atoms with van der Waals surface area (Å²) in [4.78, 5) is 11.1. The molecule has 0 atom stereocenters. The van der Waals surface area contributed by atoms with Crippen molar-refractivity contribution in [3.05, 3.63) is 0 Å². The molecule has 0 spiro atoms. The van der Waals surface area contributed by atoms with Crippen LogP contribution in [0, 0.1) is 0 Å². The molecule has 0 fully saturated rings. The number of carbonyl (C=O) groups excluding carboxylic acids is 1. The van der Waals surface area contributed by atoms with Crippen LogP contribution in [0.2, 0.25) is 0 Å². The first kappa shape index (κ1) is 13.4. The molecule has 0 aromatic carbocycles. The van der Waals surface area contributed by atoms with Crippen molar-refractivity contribution in [2.45, 2.75) is 52.5 Å². The van der Waals surface area contributed by atoms with Gasteiger partial charge in [-0.1, -0.05) is 27.2 Å². The lowest BCUT2D eigenvalue weighted by atomic mass is 10.3. The highest BCUT2D eigenvalue weighted by atomic mass is 16.5. The van der Waals surface area contributed by atoms with Gasteiger partial charge in [0.05, 0.1) is 6.61 Å². The van der Waals surface area contributed by atoms with Gasteiger partial charge >= 0.3 is 5.97 Å². The Kier molecular flexibility index (Phi) is 8.64. The standard InChI is InChI=1S/C11H23NO2/c1-4-5-9-14-11(13)7-6-8-12-10(2)3/h10,12H,4-9H2,1-3H3. The van der Waals surface area contributed by atoms with Gasteiger partial charge < -0.3 is 10.1 Å². The Morgan fingerprint density at radius 3 is 2.64 bits per heavy atom. The van der Waals surface area contributed by atoms with Crippen molar-refractivity contribution in [1.82, 2.24) is 5.32 Å². The zero-order valence-corrected chi connectivity index (χ0v) is 9.64. The average Bonchev–Trinajstić information content (AvgIpc) is 2.13. The topological polar surface area (TPSA) is 38.3 Å². The fraction of sp³-hybridized carbons (Fsp3) is 0.909. The van der Waals surface area contributed by atoms with Gasteiger partial charge in [-0.25, -0.2) is 0 Å². The highest BCUT2D eigenvalue weighted by Gasteiger charge is 2.01. The van der Waals surface area contributed by atoms with Gasteiger partial charge in [-0.3, -0.25) is 4.79 Å². The van der Waals surface area contributed by atoms with Gasteiger partial charge in [-0.2, -0.15) is 0 Å². The number of rotatable bonds is 8. The van der Waals surface area contributed by atoms with Gasteiger partial charge in [0, 0.05) is 12.5 Å². The van der Waals surface area contributed by atoms with E-state index in [4.69, 9.17) is 4.74 Å². The molecule has 1 N–H and O–H groups in total. The SMILES string of the molecule is CCCCOC(=O)CCCNC(C)C. The minimum absolute atomic E-state index is 0.0657. The van der Waals surface area contributed by atoms with E-state index in [1.54, 1.807) is 0 Å². The van der Waals surface area contributed by atoms with Crippen molar-refractivity contribution in [2.75, 3.05) is 13.2 Å². The van der Waals surface area contributed by atoms with Crippen LogP contribution in [0.4, 0.5) is 0 Å². The highest BCUT2D eigenvalue weighted by Crippen LogP contribution is 1.95. The smallest absolute Gasteiger partial charge is 0.305 e. The monoisotopic (exact) mass is 201 g/mol. The second-order valence-electron chi connectivity index (χ2n) is 3.79. The number of esters is 1. The number of unbranched alkanes of at least 4 members (excludes halogenated alkanes) is 1. The first-order chi connectivity index (χ1) is 6.66. The molecule has 3 nitrogen and oxygen atoms in total. The number of ether oxygens (including phenoxy) is 1. The largest absolute Gasteiger partial charge is 0.466 e. The minimum atomic E-state index is -0.0657. The van der Waals surface area contributed by atoms with Crippen LogP contribution in [-0.2, 0) is 9.53 Å². The van der Waals surface area contributed by atoms with Crippen LogP contribution < -0.4 is 5.32 Å². The van der Waals surface area contributed by atoms with Crippen LogP contribution in [0.1, 0.15) is 46.5 Å². The van der Waals surface area contributed by atoms with Gasteiger partial charge in [-0.05, 0) is 19.4 Å². The van der Waals surface area contributed by atoms with Gasteiger partial charge in [0.2, 0.25) is 0 Å². The first-order valence-electron chi connectivity index (χ1n) is 5.55. The summed E-state index contributed by atoms with van der Waals surface area (Å²) < 4.78 is 5.02. The Bertz CT molecular complexity index is 146. The van der Waals surface area contributed by atoms with Crippen LogP contribution in [0.3, 0.4) is 0 Å². The maximum absolute atomic E-state index is 11.1. The third kappa shape index (κ3) is 9.52. The third-order valence-electron chi connectivity index (χ3n) is 1.87. The van der Waals surface area contributed by atoms with Gasteiger partial charge in [0.1, 0.15) is 0 Å². The first-order valence-corrected chi connectivity index (χ1v) is 5.55. The summed E-state index contributed by atoms with van der Waals surface area (Å²) in [7, 11) is 0. The third-order valence-corrected chi connectivity index (χ3v) is 1.87. The van der Waals surface area contributed by atoms with E-state index in [1.165, 1.54) is 0 Å². The van der Waals surface area contributed by atoms with Crippen molar-refractivity contribution in [3.63, 3.8) is 0 Å². The molecular weight excluding hydrogens is 178 g/mol. The second-order valence-corrected chi connectivity index (χ2v) is 3.79. The van der Waals surface area contributed by atoms with Crippen molar-refractivity contribution < 1.29 is 9.53 Å². The van der Waals surface area contributed by atoms with E-state index in [1.807, 2.05) is 0 Å². The lowest BCUT2D eigenvalue weighted by Gasteiger charge is -2.07. The van der Waals surface area contributed by atoms with Gasteiger partial charge in [-0.15, -0.1) is 0 Å². The lowest BCUT2D eigenvalue weighted by molar-refractivity contribution is -0.143. The predicted molar refractivity (Wildman–Crippen MR) is 58.2 cm³/mol. The summed E-state index contributed by atoms with van der Waals surface area (Å²) in [6, 6.07) is 0.492. The molecular formula is C11H23NO2. The van der Waals surface area contributed by atoms with E-state index in [0.29, 0.717) is 19.1 Å². The molecule has 0 radical (unpaired) electrons. The fourth-order valence-corrected chi connectivity index (χ4v) is 1.03. The van der Waals surface area contributed by atoms with Crippen molar-refractivity contribution in [1.29, 1.82) is 0 Å². The molecule has 84 valence electrons. The van der Waals surface area contributed by atoms with E-state index < -0.39 is 0 Å². The lowest BCUT2D eigenvalue weighted by Crippen LogP contribution is -2.24. The van der Waals surface area contributed by atoms with E-state index in [0.717, 1.165) is 25.8 Å². The molecule has 0 aromatic heterocycles. The Morgan fingerprint density at radius 1 is 1.36 bits per heavy atom. The van der Waals surface area contributed by atoms with Crippen molar-refractivity contribution >= 4 is 5.97 Å². The van der Waals surface area contributed by atoms with Crippen LogP contribution in [-0.4, -0.2) is 25.2 Å². The summed E-state index contributed by atoms with van der Waals surface area (Å²) in [5.74, 6) is -0.0657. The number of nitrogens with one attached hydrogen (secondary N) is 1. The van der Waals surface area contributed by atoms with E-state index in [9.17, 15) is 4.79 Å². The zero-order valence-electron chi connectivity index (χ0n) is 9.64. The summed E-state index contributed by atoms with van der Waals surface area (Å²) in [5, 5.41) is 3.26. The molecule has 0 aromatic rings. The van der Waals surface area contributed by atoms with Gasteiger partial charge in [0.25, 0.3) is 0 Å². The van der Waals surface area contributed by atoms with Crippen LogP contribution >= 0.6 is 0 Å². The summed E-state index contributed by atoms with van der Waals surface area (Å²) >= 11 is 0. The van der Waals surface area contributed by atoms with Gasteiger partial charge in [0.15, 0.2) is 0 Å². The molecule has 0 unspecified atom stereocenters. The summed E-state index contributed by atoms with van der Waals surface area (Å²) in [6.45, 7) is 7.74. The normalized spacial score (nSPS) is 10.6. The number of hydrogen-bond acceptors (Lipinski definition) is 3. The average molecular weight is 201 g/mol. The molecule has 14 heavy (non-hydrogen) atoms. The summed E-state index contributed by atoms with van der Waals surface area (Å²) in [6.07, 6.45) is 3.44. The molecule has 3 heteroatoms. The number of hydrogen-bond donors (Lipinski definition) is 1. The molecule has 0 aliphatic rings. The van der Waals surface area contributed by atoms with E-state index >= 15 is 0 Å². The predicted octanol–water partition coefficient (Wildman–Crippen LogP) is 2.11.